The van der Waals surface area contributed by atoms with Crippen LogP contribution in [0, 0.1) is 5.92 Å². The molecule has 5 heteroatoms. The van der Waals surface area contributed by atoms with Crippen molar-refractivity contribution in [2.75, 3.05) is 6.54 Å². The van der Waals surface area contributed by atoms with Crippen LogP contribution in [0.25, 0.3) is 0 Å². The van der Waals surface area contributed by atoms with E-state index in [1.165, 1.54) is 0 Å². The van der Waals surface area contributed by atoms with Gasteiger partial charge in [0, 0.05) is 12.6 Å². The molecule has 0 aromatic rings. The van der Waals surface area contributed by atoms with Crippen LogP contribution in [0.2, 0.25) is 0 Å². The normalized spacial score (nSPS) is 30.6. The van der Waals surface area contributed by atoms with Crippen molar-refractivity contribution in [2.24, 2.45) is 5.92 Å². The Kier molecular flexibility index (Phi) is 5.68. The van der Waals surface area contributed by atoms with Gasteiger partial charge in [-0.1, -0.05) is 20.8 Å². The third-order valence-corrected chi connectivity index (χ3v) is 3.91. The Morgan fingerprint density at radius 2 is 1.74 bits per heavy atom. The summed E-state index contributed by atoms with van der Waals surface area (Å²) < 4.78 is 43.6. The summed E-state index contributed by atoms with van der Waals surface area (Å²) in [5.74, 6) is 0.581. The number of hydrogen-bond donors (Lipinski definition) is 1. The van der Waals surface area contributed by atoms with Gasteiger partial charge in [-0.15, -0.1) is 0 Å². The molecule has 0 aromatic heterocycles. The molecule has 0 radical (unpaired) electrons. The van der Waals surface area contributed by atoms with Crippen molar-refractivity contribution in [3.8, 4) is 0 Å². The van der Waals surface area contributed by atoms with Crippen LogP contribution in [-0.4, -0.2) is 30.5 Å². The highest BCUT2D eigenvalue weighted by atomic mass is 19.4. The van der Waals surface area contributed by atoms with E-state index in [9.17, 15) is 13.2 Å². The van der Waals surface area contributed by atoms with E-state index >= 15 is 0 Å². The fourth-order valence-corrected chi connectivity index (χ4v) is 2.46. The highest BCUT2D eigenvalue weighted by molar-refractivity contribution is 4.90. The molecule has 2 nitrogen and oxygen atoms in total. The SMILES string of the molecule is CC1CCC(CNC(C)C)(OC(C)C(F)(F)F)CC1. The summed E-state index contributed by atoms with van der Waals surface area (Å²) in [6.07, 6.45) is -2.71. The largest absolute Gasteiger partial charge is 0.414 e. The average Bonchev–Trinajstić information content (AvgIpc) is 2.29. The topological polar surface area (TPSA) is 21.3 Å². The van der Waals surface area contributed by atoms with Crippen molar-refractivity contribution in [2.45, 2.75) is 77.3 Å². The first kappa shape index (κ1) is 16.8. The number of alkyl halides is 3. The highest BCUT2D eigenvalue weighted by Crippen LogP contribution is 2.37. The second kappa shape index (κ2) is 6.44. The third-order valence-electron chi connectivity index (χ3n) is 3.91. The Balaban J connectivity index is 2.69. The van der Waals surface area contributed by atoms with Gasteiger partial charge >= 0.3 is 6.18 Å². The number of rotatable bonds is 5. The van der Waals surface area contributed by atoms with E-state index in [0.29, 0.717) is 25.3 Å². The quantitative estimate of drug-likeness (QED) is 0.825. The van der Waals surface area contributed by atoms with E-state index < -0.39 is 17.9 Å². The van der Waals surface area contributed by atoms with Gasteiger partial charge in [0.05, 0.1) is 5.60 Å². The predicted octanol–water partition coefficient (Wildman–Crippen LogP) is 3.90. The standard InChI is InChI=1S/C14H26F3NO/c1-10(2)18-9-13(7-5-11(3)6-8-13)19-12(4)14(15,16)17/h10-12,18H,5-9H2,1-4H3. The fraction of sp³-hybridized carbons (Fsp3) is 1.00. The van der Waals surface area contributed by atoms with Gasteiger partial charge < -0.3 is 10.1 Å². The zero-order valence-electron chi connectivity index (χ0n) is 12.3. The lowest BCUT2D eigenvalue weighted by Crippen LogP contribution is -2.51. The molecule has 0 aliphatic heterocycles. The smallest absolute Gasteiger partial charge is 0.361 e. The number of nitrogens with one attached hydrogen (secondary N) is 1. The third kappa shape index (κ3) is 5.30. The lowest BCUT2D eigenvalue weighted by atomic mass is 9.79. The monoisotopic (exact) mass is 281 g/mol. The lowest BCUT2D eigenvalue weighted by molar-refractivity contribution is -0.252. The number of hydrogen-bond acceptors (Lipinski definition) is 2. The lowest BCUT2D eigenvalue weighted by Gasteiger charge is -2.42. The molecular weight excluding hydrogens is 255 g/mol. The van der Waals surface area contributed by atoms with Crippen LogP contribution in [0.1, 0.15) is 53.4 Å². The molecular formula is C14H26F3NO. The van der Waals surface area contributed by atoms with Crippen LogP contribution in [0.5, 0.6) is 0 Å². The maximum absolute atomic E-state index is 12.7. The average molecular weight is 281 g/mol. The molecule has 1 unspecified atom stereocenters. The van der Waals surface area contributed by atoms with Gasteiger partial charge in [0.15, 0.2) is 6.10 Å². The maximum atomic E-state index is 12.7. The summed E-state index contributed by atoms with van der Waals surface area (Å²) in [4.78, 5) is 0. The van der Waals surface area contributed by atoms with E-state index in [4.69, 9.17) is 4.74 Å². The van der Waals surface area contributed by atoms with E-state index in [0.717, 1.165) is 19.8 Å². The van der Waals surface area contributed by atoms with E-state index in [2.05, 4.69) is 12.2 Å². The van der Waals surface area contributed by atoms with E-state index in [-0.39, 0.29) is 6.04 Å². The second-order valence-electron chi connectivity index (χ2n) is 6.20. The van der Waals surface area contributed by atoms with E-state index in [1.54, 1.807) is 0 Å². The van der Waals surface area contributed by atoms with Crippen LogP contribution in [-0.2, 0) is 4.74 Å². The van der Waals surface area contributed by atoms with Crippen LogP contribution >= 0.6 is 0 Å². The molecule has 0 amide bonds. The first-order valence-corrected chi connectivity index (χ1v) is 7.12. The van der Waals surface area contributed by atoms with Crippen molar-refractivity contribution >= 4 is 0 Å². The molecule has 0 heterocycles. The van der Waals surface area contributed by atoms with Crippen LogP contribution < -0.4 is 5.32 Å². The molecule has 1 saturated carbocycles. The molecule has 1 atom stereocenters. The molecule has 0 spiro atoms. The summed E-state index contributed by atoms with van der Waals surface area (Å²) >= 11 is 0. The second-order valence-corrected chi connectivity index (χ2v) is 6.20. The molecule has 0 bridgehead atoms. The van der Waals surface area contributed by atoms with Crippen molar-refractivity contribution in [3.63, 3.8) is 0 Å². The van der Waals surface area contributed by atoms with Gasteiger partial charge in [-0.3, -0.25) is 0 Å². The Morgan fingerprint density at radius 1 is 1.21 bits per heavy atom. The van der Waals surface area contributed by atoms with Crippen molar-refractivity contribution < 1.29 is 17.9 Å². The molecule has 114 valence electrons. The summed E-state index contributed by atoms with van der Waals surface area (Å²) in [6.45, 7) is 7.73. The Labute approximate surface area is 114 Å². The molecule has 0 aromatic carbocycles. The summed E-state index contributed by atoms with van der Waals surface area (Å²) in [5.41, 5.74) is -0.661. The highest BCUT2D eigenvalue weighted by Gasteiger charge is 2.44. The summed E-state index contributed by atoms with van der Waals surface area (Å²) in [5, 5.41) is 3.24. The van der Waals surface area contributed by atoms with Gasteiger partial charge in [0.1, 0.15) is 0 Å². The molecule has 0 saturated heterocycles. The molecule has 1 rings (SSSR count). The van der Waals surface area contributed by atoms with Gasteiger partial charge in [-0.2, -0.15) is 13.2 Å². The molecule has 19 heavy (non-hydrogen) atoms. The first-order valence-electron chi connectivity index (χ1n) is 7.12. The van der Waals surface area contributed by atoms with Crippen LogP contribution in [0.3, 0.4) is 0 Å². The van der Waals surface area contributed by atoms with Gasteiger partial charge in [0.2, 0.25) is 0 Å². The molecule has 1 N–H and O–H groups in total. The first-order chi connectivity index (χ1) is 8.65. The zero-order chi connectivity index (χ0) is 14.7. The van der Waals surface area contributed by atoms with Gasteiger partial charge in [-0.25, -0.2) is 0 Å². The Bertz CT molecular complexity index is 270. The van der Waals surface area contributed by atoms with Crippen LogP contribution in [0.4, 0.5) is 13.2 Å². The van der Waals surface area contributed by atoms with Crippen molar-refractivity contribution in [3.05, 3.63) is 0 Å². The van der Waals surface area contributed by atoms with Crippen LogP contribution in [0.15, 0.2) is 0 Å². The van der Waals surface area contributed by atoms with Gasteiger partial charge in [-0.05, 0) is 38.5 Å². The maximum Gasteiger partial charge on any atom is 0.414 e. The fourth-order valence-electron chi connectivity index (χ4n) is 2.46. The number of halogens is 3. The van der Waals surface area contributed by atoms with E-state index in [1.807, 2.05) is 13.8 Å². The van der Waals surface area contributed by atoms with Gasteiger partial charge in [0.25, 0.3) is 0 Å². The molecule has 1 aliphatic carbocycles. The predicted molar refractivity (Wildman–Crippen MR) is 70.1 cm³/mol. The minimum absolute atomic E-state index is 0.251. The minimum Gasteiger partial charge on any atom is -0.361 e. The summed E-state index contributed by atoms with van der Waals surface area (Å²) in [7, 11) is 0. The number of ether oxygens (including phenoxy) is 1. The molecule has 1 aliphatic rings. The summed E-state index contributed by atoms with van der Waals surface area (Å²) in [6, 6.07) is 0.251. The Morgan fingerprint density at radius 3 is 2.16 bits per heavy atom. The van der Waals surface area contributed by atoms with Crippen molar-refractivity contribution in [1.82, 2.24) is 5.32 Å². The minimum atomic E-state index is -4.28. The van der Waals surface area contributed by atoms with Crippen molar-refractivity contribution in [1.29, 1.82) is 0 Å². The molecule has 1 fully saturated rings. The zero-order valence-corrected chi connectivity index (χ0v) is 12.3. The Hall–Kier alpha value is -0.290.